The van der Waals surface area contributed by atoms with Gasteiger partial charge in [-0.15, -0.1) is 0 Å². The van der Waals surface area contributed by atoms with Crippen molar-refractivity contribution in [1.82, 2.24) is 30.2 Å². The van der Waals surface area contributed by atoms with Crippen molar-refractivity contribution in [2.45, 2.75) is 139 Å². The number of amides is 4. The zero-order valence-corrected chi connectivity index (χ0v) is 34.7. The van der Waals surface area contributed by atoms with Gasteiger partial charge in [-0.3, -0.25) is 19.1 Å². The van der Waals surface area contributed by atoms with Crippen molar-refractivity contribution >= 4 is 44.9 Å². The number of alkyl carbamates (subject to hydrolysis) is 1. The molecule has 1 saturated heterocycles. The Kier molecular flexibility index (Phi) is 10.9. The van der Waals surface area contributed by atoms with Crippen LogP contribution in [-0.4, -0.2) is 102 Å². The summed E-state index contributed by atoms with van der Waals surface area (Å²) in [5.41, 5.74) is -1.38. The minimum Gasteiger partial charge on any atom is -0.497 e. The molecule has 8 rings (SSSR count). The topological polar surface area (TPSA) is 195 Å². The number of alkyl halides is 2. The van der Waals surface area contributed by atoms with Crippen LogP contribution in [0.2, 0.25) is 0 Å². The average molecular weight is 845 g/mol. The highest BCUT2D eigenvalue weighted by Gasteiger charge is 2.67. The summed E-state index contributed by atoms with van der Waals surface area (Å²) >= 11 is 0. The van der Waals surface area contributed by atoms with Crippen LogP contribution < -0.4 is 24.8 Å². The highest BCUT2D eigenvalue weighted by molar-refractivity contribution is 7.91. The molecule has 4 bridgehead atoms. The second-order valence-electron chi connectivity index (χ2n) is 18.5. The maximum absolute atomic E-state index is 14.8. The molecule has 4 aliphatic carbocycles. The van der Waals surface area contributed by atoms with E-state index in [-0.39, 0.29) is 36.8 Å². The summed E-state index contributed by atoms with van der Waals surface area (Å²) in [6, 6.07) is 2.77. The number of benzene rings is 1. The van der Waals surface area contributed by atoms with Crippen molar-refractivity contribution in [1.29, 1.82) is 0 Å². The van der Waals surface area contributed by atoms with Crippen molar-refractivity contribution in [3.8, 4) is 11.6 Å². The fourth-order valence-corrected chi connectivity index (χ4v) is 11.3. The first-order valence-electron chi connectivity index (χ1n) is 20.9. The Morgan fingerprint density at radius 2 is 1.76 bits per heavy atom. The minimum atomic E-state index is -4.14. The molecular weight excluding hydrogens is 791 g/mol. The number of rotatable bonds is 7. The molecule has 2 aliphatic heterocycles. The summed E-state index contributed by atoms with van der Waals surface area (Å²) < 4.78 is 74.0. The lowest BCUT2D eigenvalue weighted by Crippen LogP contribution is -2.60. The van der Waals surface area contributed by atoms with Crippen molar-refractivity contribution in [2.24, 2.45) is 29.1 Å². The van der Waals surface area contributed by atoms with E-state index in [0.29, 0.717) is 47.7 Å². The Labute approximate surface area is 342 Å². The number of aromatic nitrogens is 2. The summed E-state index contributed by atoms with van der Waals surface area (Å²) in [6.45, 7) is 5.14. The highest BCUT2D eigenvalue weighted by atomic mass is 32.2. The highest BCUT2D eigenvalue weighted by Crippen LogP contribution is 2.52. The standard InChI is InChI=1S/C41H54F2N6O9S/c1-40(2,3)33-37(51)49-20-24(18-31(49)35(50)47-41(19-27(41)34(42)43)38(52)48-59(54,55)25-13-14-25)57-36-29(44-28-15-12-23(56-4)17-30(28)45-36)9-7-5-6-8-26-21-10-11-22(16-21)32(26)58-39(53)46-33/h12,15,17,21-22,24-27,31-34H,5-11,13-14,16,18-20H2,1-4H3,(H,46,53)(H,47,50)(H,48,52)/t21-,22+,24-,26-,27+,31+,32-,33-,41-/m1/s1. The monoisotopic (exact) mass is 844 g/mol. The van der Waals surface area contributed by atoms with E-state index in [2.05, 4.69) is 10.6 Å². The maximum atomic E-state index is 14.8. The van der Waals surface area contributed by atoms with Gasteiger partial charge in [0.1, 0.15) is 41.3 Å². The van der Waals surface area contributed by atoms with Gasteiger partial charge < -0.3 is 29.7 Å². The Hall–Kier alpha value is -4.35. The van der Waals surface area contributed by atoms with Gasteiger partial charge in [-0.2, -0.15) is 0 Å². The summed E-state index contributed by atoms with van der Waals surface area (Å²) in [7, 11) is -2.60. The molecule has 0 unspecified atom stereocenters. The molecule has 0 spiro atoms. The van der Waals surface area contributed by atoms with Crippen LogP contribution in [-0.2, 0) is 35.6 Å². The van der Waals surface area contributed by atoms with Gasteiger partial charge >= 0.3 is 6.09 Å². The molecule has 1 aromatic carbocycles. The van der Waals surface area contributed by atoms with Crippen molar-refractivity contribution < 1.29 is 50.6 Å². The SMILES string of the molecule is COc1ccc2nc3c(nc2c1)O[C@@H]1C[C@@H](C(=O)N[C@]2(C(=O)NS(=O)(=O)C4CC4)C[C@H]2C(F)F)N(C1)C(=O)[C@H](C(C)(C)C)NC(=O)O[C@@H]1[C@H]2CC[C@H](C2)[C@H]1CCCCC3. The van der Waals surface area contributed by atoms with E-state index in [1.807, 2.05) is 10.8 Å². The summed E-state index contributed by atoms with van der Waals surface area (Å²) in [5.74, 6) is -2.79. The first-order valence-corrected chi connectivity index (χ1v) is 22.5. The molecule has 6 aliphatic rings. The first-order chi connectivity index (χ1) is 28.0. The van der Waals surface area contributed by atoms with E-state index in [0.717, 1.165) is 44.9 Å². The number of nitrogens with one attached hydrogen (secondary N) is 3. The van der Waals surface area contributed by atoms with Gasteiger partial charge in [0.15, 0.2) is 0 Å². The molecule has 0 radical (unpaired) electrons. The van der Waals surface area contributed by atoms with Crippen LogP contribution in [0.1, 0.15) is 97.1 Å². The number of nitrogens with zero attached hydrogens (tertiary/aromatic N) is 3. The van der Waals surface area contributed by atoms with E-state index in [9.17, 15) is 36.4 Å². The maximum Gasteiger partial charge on any atom is 0.408 e. The second-order valence-corrected chi connectivity index (χ2v) is 20.5. The molecule has 3 N–H and O–H groups in total. The summed E-state index contributed by atoms with van der Waals surface area (Å²) in [6.07, 6.45) is 2.20. The van der Waals surface area contributed by atoms with Gasteiger partial charge in [0, 0.05) is 12.5 Å². The number of fused-ring (bicyclic) bond motifs is 9. The minimum absolute atomic E-state index is 0.139. The zero-order chi connectivity index (χ0) is 42.0. The lowest BCUT2D eigenvalue weighted by molar-refractivity contribution is -0.143. The molecule has 59 heavy (non-hydrogen) atoms. The van der Waals surface area contributed by atoms with Gasteiger partial charge in [0.2, 0.25) is 34.1 Å². The Balaban J connectivity index is 1.14. The molecule has 4 amide bonds. The van der Waals surface area contributed by atoms with Gasteiger partial charge in [0.25, 0.3) is 5.91 Å². The van der Waals surface area contributed by atoms with Gasteiger partial charge in [-0.25, -0.2) is 32.0 Å². The van der Waals surface area contributed by atoms with Crippen LogP contribution in [0.3, 0.4) is 0 Å². The van der Waals surface area contributed by atoms with Crippen LogP contribution in [0, 0.1) is 29.1 Å². The fourth-order valence-electron chi connectivity index (χ4n) is 9.89. The number of hydrogen-bond acceptors (Lipinski definition) is 11. The number of hydrogen-bond donors (Lipinski definition) is 3. The van der Waals surface area contributed by atoms with Crippen LogP contribution >= 0.6 is 0 Å². The van der Waals surface area contributed by atoms with Crippen LogP contribution in [0.5, 0.6) is 11.6 Å². The zero-order valence-electron chi connectivity index (χ0n) is 33.9. The van der Waals surface area contributed by atoms with Gasteiger partial charge in [-0.05, 0) is 93.1 Å². The molecule has 3 heterocycles. The lowest BCUT2D eigenvalue weighted by atomic mass is 9.82. The molecule has 18 heteroatoms. The van der Waals surface area contributed by atoms with Crippen LogP contribution in [0.15, 0.2) is 18.2 Å². The smallest absolute Gasteiger partial charge is 0.408 e. The number of carbonyl (C=O) groups is 4. The van der Waals surface area contributed by atoms with Crippen molar-refractivity contribution in [3.63, 3.8) is 0 Å². The van der Waals surface area contributed by atoms with Gasteiger partial charge in [0.05, 0.1) is 35.9 Å². The predicted octanol–water partition coefficient (Wildman–Crippen LogP) is 4.41. The van der Waals surface area contributed by atoms with E-state index < -0.39 is 87.0 Å². The molecular formula is C41H54F2N6O9S. The molecule has 15 nitrogen and oxygen atoms in total. The quantitative estimate of drug-likeness (QED) is 0.358. The Morgan fingerprint density at radius 1 is 1.00 bits per heavy atom. The molecule has 1 aromatic heterocycles. The van der Waals surface area contributed by atoms with Crippen LogP contribution in [0.25, 0.3) is 11.0 Å². The average Bonchev–Trinajstić information content (AvgIpc) is 4.04. The first kappa shape index (κ1) is 41.4. The number of carbonyl (C=O) groups excluding carboxylic acids is 4. The normalized spacial score (nSPS) is 32.6. The Bertz CT molecular complexity index is 2120. The van der Waals surface area contributed by atoms with Crippen molar-refractivity contribution in [2.75, 3.05) is 13.7 Å². The number of ether oxygens (including phenoxy) is 3. The van der Waals surface area contributed by atoms with E-state index in [4.69, 9.17) is 24.2 Å². The predicted molar refractivity (Wildman–Crippen MR) is 209 cm³/mol. The van der Waals surface area contributed by atoms with Crippen LogP contribution in [0.4, 0.5) is 13.6 Å². The molecule has 322 valence electrons. The number of methoxy groups -OCH3 is 1. The largest absolute Gasteiger partial charge is 0.497 e. The van der Waals surface area contributed by atoms with Gasteiger partial charge in [-0.1, -0.05) is 33.6 Å². The number of sulfonamides is 1. The number of halogens is 2. The third kappa shape index (κ3) is 8.26. The molecule has 4 saturated carbocycles. The Morgan fingerprint density at radius 3 is 2.46 bits per heavy atom. The van der Waals surface area contributed by atoms with Crippen molar-refractivity contribution in [3.05, 3.63) is 23.9 Å². The third-order valence-electron chi connectivity index (χ3n) is 13.4. The molecule has 2 aromatic rings. The summed E-state index contributed by atoms with van der Waals surface area (Å²) in [4.78, 5) is 67.4. The fraction of sp³-hybridized carbons (Fsp3) is 0.707. The van der Waals surface area contributed by atoms with E-state index in [1.165, 1.54) is 12.0 Å². The van der Waals surface area contributed by atoms with E-state index in [1.54, 1.807) is 32.9 Å². The molecule has 9 atom stereocenters. The van der Waals surface area contributed by atoms with E-state index >= 15 is 0 Å². The summed E-state index contributed by atoms with van der Waals surface area (Å²) in [5, 5.41) is 4.48. The second kappa shape index (κ2) is 15.6. The molecule has 5 fully saturated rings. The lowest BCUT2D eigenvalue weighted by Gasteiger charge is -2.36. The number of aryl methyl sites for hydroxylation is 1. The third-order valence-corrected chi connectivity index (χ3v) is 15.2.